The summed E-state index contributed by atoms with van der Waals surface area (Å²) >= 11 is 0. The third-order valence-electron chi connectivity index (χ3n) is 7.42. The van der Waals surface area contributed by atoms with Gasteiger partial charge in [-0.2, -0.15) is 6.07 Å². The molecule has 2 bridgehead atoms. The van der Waals surface area contributed by atoms with E-state index in [9.17, 15) is 0 Å². The number of aryl methyl sites for hydroxylation is 1. The topological polar surface area (TPSA) is 13.1 Å². The first kappa shape index (κ1) is 30.2. The molecule has 6 heteroatoms. The zero-order chi connectivity index (χ0) is 22.8. The van der Waals surface area contributed by atoms with Gasteiger partial charge in [-0.1, -0.05) is 86.3 Å². The summed E-state index contributed by atoms with van der Waals surface area (Å²) in [5.74, 6) is 0. The quantitative estimate of drug-likeness (QED) is 0.249. The molecular weight excluding hydrogens is 583 g/mol. The summed E-state index contributed by atoms with van der Waals surface area (Å²) in [7, 11) is -2.25. The third-order valence-corrected chi connectivity index (χ3v) is 13.6. The van der Waals surface area contributed by atoms with Crippen molar-refractivity contribution in [1.82, 2.24) is 0 Å². The van der Waals surface area contributed by atoms with Gasteiger partial charge >= 0.3 is 26.2 Å². The first-order valence-corrected chi connectivity index (χ1v) is 18.2. The molecule has 0 amide bonds. The number of halogens is 2. The molecule has 35 heavy (non-hydrogen) atoms. The Morgan fingerprint density at radius 3 is 2.11 bits per heavy atom. The molecule has 181 valence electrons. The molecule has 7 rings (SSSR count). The molecule has 0 saturated carbocycles. The van der Waals surface area contributed by atoms with Crippen molar-refractivity contribution in [3.63, 3.8) is 0 Å². The monoisotopic (exact) mass is 613 g/mol. The Morgan fingerprint density at radius 2 is 1.54 bits per heavy atom. The Hall–Kier alpha value is -1.03. The Bertz CT molecular complexity index is 1360. The molecule has 0 spiro atoms. The molecule has 1 aliphatic carbocycles. The summed E-state index contributed by atoms with van der Waals surface area (Å²) < 4.78 is 5.22. The van der Waals surface area contributed by atoms with Crippen LogP contribution < -0.4 is 30.0 Å². The van der Waals surface area contributed by atoms with E-state index in [-0.39, 0.29) is 51.0 Å². The van der Waals surface area contributed by atoms with E-state index in [0.29, 0.717) is 0 Å². The van der Waals surface area contributed by atoms with Crippen LogP contribution in [0, 0.1) is 6.92 Å². The number of hydrogen-bond acceptors (Lipinski definition) is 1. The molecule has 0 N–H and O–H groups in total. The minimum absolute atomic E-state index is 0. The molecule has 3 aromatic carbocycles. The fourth-order valence-electron chi connectivity index (χ4n) is 5.96. The molecule has 1 nitrogen and oxygen atoms in total. The van der Waals surface area contributed by atoms with Gasteiger partial charge in [0.05, 0.1) is 28.7 Å². The van der Waals surface area contributed by atoms with Crippen molar-refractivity contribution in [3.05, 3.63) is 89.4 Å². The zero-order valence-electron chi connectivity index (χ0n) is 21.6. The minimum Gasteiger partial charge on any atom is -1.00 e. The number of rotatable bonds is 2. The summed E-state index contributed by atoms with van der Waals surface area (Å²) in [6.45, 7) is 16.5. The Labute approximate surface area is 243 Å². The maximum absolute atomic E-state index is 5.22. The molecule has 1 aromatic heterocycles. The maximum atomic E-state index is 5.22. The van der Waals surface area contributed by atoms with Gasteiger partial charge in [0.15, 0.2) is 0 Å². The summed E-state index contributed by atoms with van der Waals surface area (Å²) in [6, 6.07) is 20.3. The Balaban J connectivity index is 0.000000249. The van der Waals surface area contributed by atoms with Gasteiger partial charge < -0.3 is 29.2 Å². The molecule has 0 saturated heterocycles. The van der Waals surface area contributed by atoms with Crippen molar-refractivity contribution in [2.24, 2.45) is 0 Å². The van der Waals surface area contributed by atoms with Crippen molar-refractivity contribution in [3.8, 4) is 11.1 Å². The van der Waals surface area contributed by atoms with Crippen LogP contribution in [0.1, 0.15) is 29.2 Å². The normalized spacial score (nSPS) is 16.7. The largest absolute Gasteiger partial charge is 3.00 e. The molecule has 4 aromatic rings. The van der Waals surface area contributed by atoms with E-state index >= 15 is 0 Å². The average molecular weight is 616 g/mol. The summed E-state index contributed by atoms with van der Waals surface area (Å²) in [5, 5.41) is 5.89. The van der Waals surface area contributed by atoms with Gasteiger partial charge in [-0.15, -0.1) is 34.5 Å². The fraction of sp³-hybridized carbons (Fsp3) is 0.276. The van der Waals surface area contributed by atoms with E-state index < -0.39 is 16.1 Å². The first-order valence-electron chi connectivity index (χ1n) is 11.6. The predicted octanol–water partition coefficient (Wildman–Crippen LogP) is 2.04. The van der Waals surface area contributed by atoms with E-state index in [1.807, 2.05) is 12.5 Å². The van der Waals surface area contributed by atoms with Gasteiger partial charge in [-0.25, -0.2) is 0 Å². The molecule has 3 aliphatic rings. The Morgan fingerprint density at radius 1 is 0.886 bits per heavy atom. The van der Waals surface area contributed by atoms with E-state index in [2.05, 4.69) is 101 Å². The van der Waals surface area contributed by atoms with E-state index in [4.69, 9.17) is 4.42 Å². The van der Waals surface area contributed by atoms with E-state index in [1.54, 1.807) is 10.8 Å². The van der Waals surface area contributed by atoms with Crippen LogP contribution in [-0.2, 0) is 26.2 Å². The minimum atomic E-state index is -1.21. The van der Waals surface area contributed by atoms with E-state index in [1.165, 1.54) is 43.8 Å². The third kappa shape index (κ3) is 5.07. The van der Waals surface area contributed by atoms with Gasteiger partial charge in [-0.3, -0.25) is 0 Å². The number of hydrogen-bond donors (Lipinski definition) is 0. The van der Waals surface area contributed by atoms with Crippen LogP contribution in [0.5, 0.6) is 0 Å². The van der Waals surface area contributed by atoms with Crippen LogP contribution in [0.25, 0.3) is 27.1 Å². The average Bonchev–Trinajstić information content (AvgIpc) is 3.43. The number of benzene rings is 2. The summed E-state index contributed by atoms with van der Waals surface area (Å²) in [4.78, 5) is 0. The summed E-state index contributed by atoms with van der Waals surface area (Å²) in [6.07, 6.45) is 3.87. The maximum Gasteiger partial charge on any atom is 3.00 e. The zero-order valence-corrected chi connectivity index (χ0v) is 27.6. The molecule has 0 fully saturated rings. The second kappa shape index (κ2) is 10.8. The fourth-order valence-corrected chi connectivity index (χ4v) is 11.5. The smallest absolute Gasteiger partial charge is 1.00 e. The predicted molar refractivity (Wildman–Crippen MR) is 144 cm³/mol. The van der Waals surface area contributed by atoms with Crippen LogP contribution in [0.3, 0.4) is 0 Å². The number of furan rings is 1. The molecule has 1 unspecified atom stereocenters. The summed E-state index contributed by atoms with van der Waals surface area (Å²) in [5.41, 5.74) is 9.30. The van der Waals surface area contributed by atoms with Crippen LogP contribution in [0.15, 0.2) is 77.1 Å². The van der Waals surface area contributed by atoms with Gasteiger partial charge in [0.25, 0.3) is 0 Å². The molecule has 1 atom stereocenters. The van der Waals surface area contributed by atoms with Gasteiger partial charge in [0, 0.05) is 16.7 Å². The number of fused-ring (bicyclic) bond motifs is 1. The second-order valence-corrected chi connectivity index (χ2v) is 20.7. The standard InChI is InChI=1S/C19H21Si.C10H12OSi.2ClH.Zr/c1-14-12-16-6-5-7-18(19(16)13-14)15-8-10-17(11-9-15)20(2,3)4;1-6-9-7-4-11-5-8(7)10(6)12(9,2)3;;;/h5-13H,1-4H3;4-5,9H,1-3H3;2*1H;/q-1;;;;+3/p-2. The van der Waals surface area contributed by atoms with Gasteiger partial charge in [-0.05, 0) is 17.7 Å². The van der Waals surface area contributed by atoms with Crippen molar-refractivity contribution >= 4 is 37.3 Å². The van der Waals surface area contributed by atoms with Gasteiger partial charge in [0.2, 0.25) is 0 Å². The Kier molecular flexibility index (Phi) is 9.28. The molecule has 2 aliphatic heterocycles. The van der Waals surface area contributed by atoms with Crippen LogP contribution in [0.2, 0.25) is 32.7 Å². The van der Waals surface area contributed by atoms with Crippen molar-refractivity contribution in [2.45, 2.75) is 52.1 Å². The van der Waals surface area contributed by atoms with Crippen LogP contribution >= 0.6 is 0 Å². The van der Waals surface area contributed by atoms with Gasteiger partial charge in [0.1, 0.15) is 0 Å². The molecule has 3 heterocycles. The van der Waals surface area contributed by atoms with Crippen LogP contribution in [0.4, 0.5) is 0 Å². The molecule has 1 radical (unpaired) electrons. The van der Waals surface area contributed by atoms with Crippen molar-refractivity contribution in [2.75, 3.05) is 0 Å². The van der Waals surface area contributed by atoms with E-state index in [0.717, 1.165) is 5.54 Å². The van der Waals surface area contributed by atoms with Crippen molar-refractivity contribution < 1.29 is 55.4 Å². The number of allylic oxidation sites excluding steroid dienone is 1. The second-order valence-electron chi connectivity index (χ2n) is 11.1. The first-order chi connectivity index (χ1) is 15.1. The SMILES string of the molecule is CC1=C2c3cocc3C1[Si]2(C)C.Cc1cc2c(-c3ccc([Si](C)(C)C)cc3)cccc2[cH-]1.[Cl-].[Cl-].[Zr+3]. The molecular formula is C29H33Cl2OSi2Zr. The van der Waals surface area contributed by atoms with Crippen LogP contribution in [-0.4, -0.2) is 16.1 Å². The van der Waals surface area contributed by atoms with Crippen molar-refractivity contribution in [1.29, 1.82) is 0 Å².